The van der Waals surface area contributed by atoms with Crippen LogP contribution < -0.4 is 0 Å². The highest BCUT2D eigenvalue weighted by atomic mass is 16.4. The highest BCUT2D eigenvalue weighted by Gasteiger charge is 2.49. The molecule has 0 unspecified atom stereocenters. The lowest BCUT2D eigenvalue weighted by Gasteiger charge is -2.36. The predicted molar refractivity (Wildman–Crippen MR) is 83.3 cm³/mol. The number of benzene rings is 2. The van der Waals surface area contributed by atoms with Gasteiger partial charge in [0.15, 0.2) is 0 Å². The minimum absolute atomic E-state index is 0.166. The molecule has 21 heavy (non-hydrogen) atoms. The Balaban J connectivity index is 2.24. The molecule has 2 heteroatoms. The summed E-state index contributed by atoms with van der Waals surface area (Å²) in [6.45, 7) is 0. The molecule has 1 aliphatic carbocycles. The number of carboxylic acid groups (broad SMARTS) is 1. The summed E-state index contributed by atoms with van der Waals surface area (Å²) in [4.78, 5) is 12.4. The van der Waals surface area contributed by atoms with Crippen molar-refractivity contribution in [3.05, 3.63) is 71.8 Å². The zero-order valence-electron chi connectivity index (χ0n) is 12.0. The first kappa shape index (κ1) is 13.9. The Kier molecular flexibility index (Phi) is 3.78. The lowest BCUT2D eigenvalue weighted by atomic mass is 9.65. The van der Waals surface area contributed by atoms with Crippen LogP contribution in [0.15, 0.2) is 60.7 Å². The summed E-state index contributed by atoms with van der Waals surface area (Å²) in [5, 5.41) is 10.2. The lowest BCUT2D eigenvalue weighted by Crippen LogP contribution is -2.43. The van der Waals surface area contributed by atoms with Crippen molar-refractivity contribution in [3.8, 4) is 0 Å². The number of rotatable bonds is 4. The number of hydrogen-bond donors (Lipinski definition) is 1. The van der Waals surface area contributed by atoms with Crippen molar-refractivity contribution in [2.45, 2.75) is 31.1 Å². The summed E-state index contributed by atoms with van der Waals surface area (Å²) in [7, 11) is 0. The highest BCUT2D eigenvalue weighted by Crippen LogP contribution is 2.47. The van der Waals surface area contributed by atoms with Gasteiger partial charge in [-0.2, -0.15) is 0 Å². The Morgan fingerprint density at radius 1 is 0.857 bits per heavy atom. The van der Waals surface area contributed by atoms with Crippen LogP contribution >= 0.6 is 0 Å². The predicted octanol–water partition coefficient (Wildman–Crippen LogP) is 4.25. The van der Waals surface area contributed by atoms with Crippen LogP contribution in [0.5, 0.6) is 0 Å². The number of aliphatic carboxylic acids is 1. The average molecular weight is 280 g/mol. The van der Waals surface area contributed by atoms with Gasteiger partial charge in [0, 0.05) is 0 Å². The molecule has 0 heterocycles. The molecule has 1 N–H and O–H groups in total. The fraction of sp³-hybridized carbons (Fsp3) is 0.316. The van der Waals surface area contributed by atoms with Crippen molar-refractivity contribution in [2.75, 3.05) is 0 Å². The molecule has 3 rings (SSSR count). The van der Waals surface area contributed by atoms with E-state index in [0.717, 1.165) is 36.8 Å². The molecule has 2 aromatic rings. The molecule has 1 aliphatic rings. The summed E-state index contributed by atoms with van der Waals surface area (Å²) in [6.07, 6.45) is 4.21. The molecule has 1 saturated carbocycles. The minimum Gasteiger partial charge on any atom is -0.480 e. The van der Waals surface area contributed by atoms with Gasteiger partial charge >= 0.3 is 5.97 Å². The van der Waals surface area contributed by atoms with Gasteiger partial charge in [0.1, 0.15) is 5.41 Å². The average Bonchev–Trinajstić information content (AvgIpc) is 3.04. The monoisotopic (exact) mass is 280 g/mol. The Morgan fingerprint density at radius 3 is 1.67 bits per heavy atom. The molecule has 0 spiro atoms. The Labute approximate surface area is 125 Å². The Hall–Kier alpha value is -2.09. The standard InChI is InChI=1S/C19H20O2/c20-18(21)19(17-13-7-8-14-17,15-9-3-1-4-10-15)16-11-5-2-6-12-16/h1-6,9-12,17H,7-8,13-14H2,(H,20,21). The van der Waals surface area contributed by atoms with Crippen molar-refractivity contribution in [2.24, 2.45) is 5.92 Å². The summed E-state index contributed by atoms with van der Waals surface area (Å²) < 4.78 is 0. The Bertz CT molecular complexity index is 558. The summed E-state index contributed by atoms with van der Waals surface area (Å²) in [5.41, 5.74) is 0.880. The fourth-order valence-corrected chi connectivity index (χ4v) is 3.82. The van der Waals surface area contributed by atoms with Gasteiger partial charge in [0.2, 0.25) is 0 Å². The fourth-order valence-electron chi connectivity index (χ4n) is 3.82. The first-order valence-corrected chi connectivity index (χ1v) is 7.60. The first-order chi connectivity index (χ1) is 10.3. The molecule has 0 amide bonds. The van der Waals surface area contributed by atoms with Crippen LogP contribution in [0.25, 0.3) is 0 Å². The number of carbonyl (C=O) groups is 1. The van der Waals surface area contributed by atoms with Crippen molar-refractivity contribution in [3.63, 3.8) is 0 Å². The first-order valence-electron chi connectivity index (χ1n) is 7.60. The van der Waals surface area contributed by atoms with Gasteiger partial charge in [-0.05, 0) is 29.9 Å². The highest BCUT2D eigenvalue weighted by molar-refractivity contribution is 5.86. The van der Waals surface area contributed by atoms with E-state index >= 15 is 0 Å². The number of hydrogen-bond acceptors (Lipinski definition) is 1. The molecule has 0 radical (unpaired) electrons. The summed E-state index contributed by atoms with van der Waals surface area (Å²) >= 11 is 0. The van der Waals surface area contributed by atoms with Crippen molar-refractivity contribution in [1.29, 1.82) is 0 Å². The second-order valence-corrected chi connectivity index (χ2v) is 5.83. The molecule has 0 aromatic heterocycles. The van der Waals surface area contributed by atoms with Crippen LogP contribution in [0.4, 0.5) is 0 Å². The summed E-state index contributed by atoms with van der Waals surface area (Å²) in [6, 6.07) is 19.5. The molecule has 0 bridgehead atoms. The van der Waals surface area contributed by atoms with E-state index in [1.807, 2.05) is 60.7 Å². The topological polar surface area (TPSA) is 37.3 Å². The maximum atomic E-state index is 12.4. The van der Waals surface area contributed by atoms with Crippen molar-refractivity contribution < 1.29 is 9.90 Å². The third-order valence-electron chi connectivity index (χ3n) is 4.76. The third kappa shape index (κ3) is 2.25. The largest absolute Gasteiger partial charge is 0.480 e. The molecule has 108 valence electrons. The second-order valence-electron chi connectivity index (χ2n) is 5.83. The van der Waals surface area contributed by atoms with Crippen LogP contribution in [0.1, 0.15) is 36.8 Å². The third-order valence-corrected chi connectivity index (χ3v) is 4.76. The molecule has 1 fully saturated rings. The van der Waals surface area contributed by atoms with Gasteiger partial charge in [0.25, 0.3) is 0 Å². The zero-order valence-corrected chi connectivity index (χ0v) is 12.0. The zero-order chi connectivity index (χ0) is 14.7. The van der Waals surface area contributed by atoms with Crippen molar-refractivity contribution in [1.82, 2.24) is 0 Å². The van der Waals surface area contributed by atoms with Crippen LogP contribution in [0, 0.1) is 5.92 Å². The Morgan fingerprint density at radius 2 is 1.29 bits per heavy atom. The smallest absolute Gasteiger partial charge is 0.318 e. The van der Waals surface area contributed by atoms with Gasteiger partial charge in [-0.1, -0.05) is 73.5 Å². The van der Waals surface area contributed by atoms with E-state index in [1.165, 1.54) is 0 Å². The molecule has 0 atom stereocenters. The molecular weight excluding hydrogens is 260 g/mol. The quantitative estimate of drug-likeness (QED) is 0.909. The minimum atomic E-state index is -0.918. The molecular formula is C19H20O2. The maximum absolute atomic E-state index is 12.4. The van der Waals surface area contributed by atoms with E-state index in [0.29, 0.717) is 0 Å². The molecule has 0 saturated heterocycles. The second kappa shape index (κ2) is 5.72. The molecule has 0 aliphatic heterocycles. The van der Waals surface area contributed by atoms with Crippen molar-refractivity contribution >= 4 is 5.97 Å². The van der Waals surface area contributed by atoms with Crippen LogP contribution in [-0.4, -0.2) is 11.1 Å². The maximum Gasteiger partial charge on any atom is 0.318 e. The van der Waals surface area contributed by atoms with E-state index in [1.54, 1.807) is 0 Å². The van der Waals surface area contributed by atoms with E-state index in [9.17, 15) is 9.90 Å². The summed E-state index contributed by atoms with van der Waals surface area (Å²) in [5.74, 6) is -0.563. The van der Waals surface area contributed by atoms with Crippen LogP contribution in [0.2, 0.25) is 0 Å². The SMILES string of the molecule is O=C(O)C(c1ccccc1)(c1ccccc1)C1CCCC1. The van der Waals surface area contributed by atoms with E-state index in [4.69, 9.17) is 0 Å². The van der Waals surface area contributed by atoms with Gasteiger partial charge in [0.05, 0.1) is 0 Å². The van der Waals surface area contributed by atoms with Gasteiger partial charge in [-0.25, -0.2) is 0 Å². The molecule has 2 nitrogen and oxygen atoms in total. The number of carboxylic acids is 1. The van der Waals surface area contributed by atoms with E-state index in [2.05, 4.69) is 0 Å². The van der Waals surface area contributed by atoms with E-state index in [-0.39, 0.29) is 5.92 Å². The van der Waals surface area contributed by atoms with Crippen LogP contribution in [-0.2, 0) is 10.2 Å². The van der Waals surface area contributed by atoms with Gasteiger partial charge < -0.3 is 5.11 Å². The normalized spacial score (nSPS) is 16.0. The lowest BCUT2D eigenvalue weighted by molar-refractivity contribution is -0.144. The van der Waals surface area contributed by atoms with E-state index < -0.39 is 11.4 Å². The van der Waals surface area contributed by atoms with Gasteiger partial charge in [-0.15, -0.1) is 0 Å². The molecule has 2 aromatic carbocycles. The van der Waals surface area contributed by atoms with Gasteiger partial charge in [-0.3, -0.25) is 4.79 Å². The van der Waals surface area contributed by atoms with Crippen LogP contribution in [0.3, 0.4) is 0 Å².